The van der Waals surface area contributed by atoms with Crippen molar-refractivity contribution >= 4 is 12.4 Å². The van der Waals surface area contributed by atoms with E-state index in [1.54, 1.807) is 19.1 Å². The molecule has 1 aliphatic carbocycles. The minimum absolute atomic E-state index is 0. The maximum atomic E-state index is 13.5. The molecule has 0 radical (unpaired) electrons. The fourth-order valence-electron chi connectivity index (χ4n) is 2.49. The highest BCUT2D eigenvalue weighted by molar-refractivity contribution is 5.85. The number of benzene rings is 1. The largest absolute Gasteiger partial charge is 0.337 e. The molecule has 0 amide bonds. The summed E-state index contributed by atoms with van der Waals surface area (Å²) in [6.07, 6.45) is 3.87. The fraction of sp³-hybridized carbons (Fsp3) is 0.429. The van der Waals surface area contributed by atoms with Crippen LogP contribution in [-0.2, 0) is 5.54 Å². The molecule has 1 aliphatic rings. The molecule has 1 fully saturated rings. The minimum Gasteiger partial charge on any atom is -0.337 e. The fourth-order valence-corrected chi connectivity index (χ4v) is 2.49. The normalized spacial score (nSPS) is 16.9. The zero-order chi connectivity index (χ0) is 13.5. The van der Waals surface area contributed by atoms with Gasteiger partial charge in [-0.15, -0.1) is 12.4 Å². The molecule has 0 saturated heterocycles. The number of aromatic nitrogens is 2. The van der Waals surface area contributed by atoms with Crippen molar-refractivity contribution in [3.63, 3.8) is 0 Å². The maximum absolute atomic E-state index is 13.5. The Bertz CT molecular complexity index is 608. The van der Waals surface area contributed by atoms with Crippen LogP contribution in [0, 0.1) is 12.7 Å². The van der Waals surface area contributed by atoms with Crippen LogP contribution in [0.2, 0.25) is 0 Å². The molecule has 0 spiro atoms. The Kier molecular flexibility index (Phi) is 4.11. The first-order valence-electron chi connectivity index (χ1n) is 6.48. The molecule has 2 N–H and O–H groups in total. The number of aryl methyl sites for hydroxylation is 1. The van der Waals surface area contributed by atoms with Gasteiger partial charge in [-0.25, -0.2) is 4.39 Å². The highest BCUT2D eigenvalue weighted by Crippen LogP contribution is 2.36. The molecule has 1 saturated carbocycles. The Morgan fingerprint density at radius 2 is 2.00 bits per heavy atom. The van der Waals surface area contributed by atoms with Gasteiger partial charge in [-0.2, -0.15) is 4.98 Å². The van der Waals surface area contributed by atoms with Crippen LogP contribution in [0.5, 0.6) is 0 Å². The van der Waals surface area contributed by atoms with Gasteiger partial charge in [-0.1, -0.05) is 30.1 Å². The van der Waals surface area contributed by atoms with Gasteiger partial charge < -0.3 is 10.3 Å². The van der Waals surface area contributed by atoms with Crippen LogP contribution in [0.25, 0.3) is 11.4 Å². The van der Waals surface area contributed by atoms with Crippen LogP contribution in [0.3, 0.4) is 0 Å². The van der Waals surface area contributed by atoms with Gasteiger partial charge in [0.05, 0.1) is 5.54 Å². The quantitative estimate of drug-likeness (QED) is 0.923. The van der Waals surface area contributed by atoms with Crippen LogP contribution >= 0.6 is 12.4 Å². The van der Waals surface area contributed by atoms with Gasteiger partial charge in [0.25, 0.3) is 0 Å². The lowest BCUT2D eigenvalue weighted by Crippen LogP contribution is -2.33. The van der Waals surface area contributed by atoms with E-state index in [0.29, 0.717) is 22.8 Å². The molecule has 6 heteroatoms. The smallest absolute Gasteiger partial charge is 0.247 e. The van der Waals surface area contributed by atoms with E-state index < -0.39 is 5.54 Å². The summed E-state index contributed by atoms with van der Waals surface area (Å²) >= 11 is 0. The molecular formula is C14H17ClFN3O. The molecule has 1 aromatic carbocycles. The second-order valence-electron chi connectivity index (χ2n) is 5.25. The molecule has 0 atom stereocenters. The summed E-state index contributed by atoms with van der Waals surface area (Å²) in [5, 5.41) is 3.91. The van der Waals surface area contributed by atoms with Crippen molar-refractivity contribution in [1.29, 1.82) is 0 Å². The predicted octanol–water partition coefficient (Wildman–Crippen LogP) is 3.33. The molecule has 4 nitrogen and oxygen atoms in total. The first-order chi connectivity index (χ1) is 9.08. The molecule has 3 rings (SSSR count). The van der Waals surface area contributed by atoms with E-state index in [4.69, 9.17) is 10.3 Å². The van der Waals surface area contributed by atoms with E-state index >= 15 is 0 Å². The third-order valence-corrected chi connectivity index (χ3v) is 3.78. The summed E-state index contributed by atoms with van der Waals surface area (Å²) in [5.41, 5.74) is 6.96. The summed E-state index contributed by atoms with van der Waals surface area (Å²) in [4.78, 5) is 4.34. The highest BCUT2D eigenvalue weighted by atomic mass is 35.5. The monoisotopic (exact) mass is 297 g/mol. The van der Waals surface area contributed by atoms with E-state index in [1.807, 2.05) is 0 Å². The van der Waals surface area contributed by atoms with Gasteiger partial charge in [-0.05, 0) is 31.4 Å². The predicted molar refractivity (Wildman–Crippen MR) is 76.0 cm³/mol. The Morgan fingerprint density at radius 3 is 2.65 bits per heavy atom. The Morgan fingerprint density at radius 1 is 1.30 bits per heavy atom. The molecule has 0 aliphatic heterocycles. The third kappa shape index (κ3) is 2.55. The first kappa shape index (κ1) is 14.9. The van der Waals surface area contributed by atoms with Crippen molar-refractivity contribution < 1.29 is 8.91 Å². The third-order valence-electron chi connectivity index (χ3n) is 3.78. The summed E-state index contributed by atoms with van der Waals surface area (Å²) in [6.45, 7) is 1.72. The van der Waals surface area contributed by atoms with Crippen LogP contribution in [0.1, 0.15) is 37.1 Å². The van der Waals surface area contributed by atoms with Gasteiger partial charge in [0.1, 0.15) is 5.82 Å². The maximum Gasteiger partial charge on any atom is 0.247 e. The van der Waals surface area contributed by atoms with Gasteiger partial charge in [0, 0.05) is 5.56 Å². The minimum atomic E-state index is -0.505. The SMILES string of the molecule is Cc1ccc(-c2noc(C3(N)CCCC3)n2)cc1F.Cl. The Labute approximate surface area is 123 Å². The number of nitrogens with zero attached hydrogens (tertiary/aromatic N) is 2. The number of rotatable bonds is 2. The van der Waals surface area contributed by atoms with Crippen LogP contribution < -0.4 is 5.73 Å². The first-order valence-corrected chi connectivity index (χ1v) is 6.48. The second kappa shape index (κ2) is 5.50. The highest BCUT2D eigenvalue weighted by Gasteiger charge is 2.36. The zero-order valence-corrected chi connectivity index (χ0v) is 12.0. The number of halogens is 2. The second-order valence-corrected chi connectivity index (χ2v) is 5.25. The average Bonchev–Trinajstić information content (AvgIpc) is 3.02. The molecule has 0 unspecified atom stereocenters. The van der Waals surface area contributed by atoms with Crippen molar-refractivity contribution in [2.24, 2.45) is 5.73 Å². The van der Waals surface area contributed by atoms with E-state index in [0.717, 1.165) is 25.7 Å². The van der Waals surface area contributed by atoms with E-state index in [1.165, 1.54) is 6.07 Å². The van der Waals surface area contributed by atoms with Crippen molar-refractivity contribution in [3.8, 4) is 11.4 Å². The number of nitrogens with two attached hydrogens (primary N) is 1. The van der Waals surface area contributed by atoms with Crippen molar-refractivity contribution in [2.75, 3.05) is 0 Å². The van der Waals surface area contributed by atoms with Crippen LogP contribution in [-0.4, -0.2) is 10.1 Å². The summed E-state index contributed by atoms with van der Waals surface area (Å²) in [6, 6.07) is 4.90. The zero-order valence-electron chi connectivity index (χ0n) is 11.2. The van der Waals surface area contributed by atoms with Gasteiger partial charge in [-0.3, -0.25) is 0 Å². The van der Waals surface area contributed by atoms with Gasteiger partial charge >= 0.3 is 0 Å². The molecule has 1 heterocycles. The lowest BCUT2D eigenvalue weighted by molar-refractivity contribution is 0.285. The molecule has 0 bridgehead atoms. The topological polar surface area (TPSA) is 64.9 Å². The lowest BCUT2D eigenvalue weighted by atomic mass is 9.99. The van der Waals surface area contributed by atoms with Gasteiger partial charge in [0.2, 0.25) is 11.7 Å². The Hall–Kier alpha value is -1.46. The lowest BCUT2D eigenvalue weighted by Gasteiger charge is -2.17. The molecular weight excluding hydrogens is 281 g/mol. The van der Waals surface area contributed by atoms with E-state index in [9.17, 15) is 4.39 Å². The van der Waals surface area contributed by atoms with Gasteiger partial charge in [0.15, 0.2) is 0 Å². The molecule has 20 heavy (non-hydrogen) atoms. The van der Waals surface area contributed by atoms with E-state index in [2.05, 4.69) is 10.1 Å². The van der Waals surface area contributed by atoms with Crippen molar-refractivity contribution in [1.82, 2.24) is 10.1 Å². The number of hydrogen-bond donors (Lipinski definition) is 1. The molecule has 108 valence electrons. The summed E-state index contributed by atoms with van der Waals surface area (Å²) < 4.78 is 18.8. The van der Waals surface area contributed by atoms with E-state index in [-0.39, 0.29) is 18.2 Å². The van der Waals surface area contributed by atoms with Crippen molar-refractivity contribution in [2.45, 2.75) is 38.1 Å². The van der Waals surface area contributed by atoms with Crippen LogP contribution in [0.15, 0.2) is 22.7 Å². The standard InChI is InChI=1S/C14H16FN3O.ClH/c1-9-4-5-10(8-11(9)15)12-17-13(19-18-12)14(16)6-2-3-7-14;/h4-5,8H,2-3,6-7,16H2,1H3;1H. The van der Waals surface area contributed by atoms with Crippen LogP contribution in [0.4, 0.5) is 4.39 Å². The summed E-state index contributed by atoms with van der Waals surface area (Å²) in [7, 11) is 0. The summed E-state index contributed by atoms with van der Waals surface area (Å²) in [5.74, 6) is 0.582. The van der Waals surface area contributed by atoms with Crippen molar-refractivity contribution in [3.05, 3.63) is 35.5 Å². The average molecular weight is 298 g/mol. The number of hydrogen-bond acceptors (Lipinski definition) is 4. The molecule has 1 aromatic heterocycles. The molecule has 2 aromatic rings. The Balaban J connectivity index is 0.00000147.